The Morgan fingerprint density at radius 2 is 1.88 bits per heavy atom. The maximum Gasteiger partial charge on any atom is 0.401 e. The second-order valence-corrected chi connectivity index (χ2v) is 9.16. The highest BCUT2D eigenvalue weighted by Crippen LogP contribution is 2.37. The first-order valence-corrected chi connectivity index (χ1v) is 11.5. The number of alkyl halides is 3. The van der Waals surface area contributed by atoms with Gasteiger partial charge in [0.05, 0.1) is 41.7 Å². The van der Waals surface area contributed by atoms with Crippen molar-refractivity contribution in [1.29, 1.82) is 0 Å². The van der Waals surface area contributed by atoms with Crippen molar-refractivity contribution < 1.29 is 27.5 Å². The van der Waals surface area contributed by atoms with Crippen LogP contribution in [-0.2, 0) is 9.53 Å². The van der Waals surface area contributed by atoms with Crippen molar-refractivity contribution in [2.45, 2.75) is 32.0 Å². The van der Waals surface area contributed by atoms with Gasteiger partial charge in [-0.3, -0.25) is 19.2 Å². The fraction of sp³-hybridized carbons (Fsp3) is 0.565. The van der Waals surface area contributed by atoms with E-state index in [0.29, 0.717) is 35.8 Å². The van der Waals surface area contributed by atoms with Crippen LogP contribution >= 0.6 is 0 Å². The van der Waals surface area contributed by atoms with E-state index in [9.17, 15) is 22.8 Å². The second-order valence-electron chi connectivity index (χ2n) is 9.16. The molecule has 0 N–H and O–H groups in total. The molecule has 5 rings (SSSR count). The van der Waals surface area contributed by atoms with E-state index in [1.54, 1.807) is 11.0 Å². The number of hydrogen-bond acceptors (Lipinski definition) is 5. The number of carbonyl (C=O) groups excluding carboxylic acids is 2. The summed E-state index contributed by atoms with van der Waals surface area (Å²) in [5.41, 5.74) is 3.07. The number of ether oxygens (including phenoxy) is 1. The first-order chi connectivity index (χ1) is 16.2. The van der Waals surface area contributed by atoms with Crippen molar-refractivity contribution in [2.24, 2.45) is 10.9 Å². The number of allylic oxidation sites excluding steroid dienone is 2. The largest absolute Gasteiger partial charge is 0.401 e. The molecular formula is C23H26F3N5O3. The minimum Gasteiger partial charge on any atom is -0.381 e. The van der Waals surface area contributed by atoms with Crippen LogP contribution in [0.3, 0.4) is 0 Å². The van der Waals surface area contributed by atoms with Gasteiger partial charge in [0.1, 0.15) is 0 Å². The average molecular weight is 477 g/mol. The quantitative estimate of drug-likeness (QED) is 0.669. The molecule has 8 nitrogen and oxygen atoms in total. The summed E-state index contributed by atoms with van der Waals surface area (Å²) in [6.07, 6.45) is 2.44. The summed E-state index contributed by atoms with van der Waals surface area (Å²) >= 11 is 0. The number of piperazine rings is 1. The van der Waals surface area contributed by atoms with E-state index in [1.807, 2.05) is 17.7 Å². The molecular weight excluding hydrogens is 451 g/mol. The fourth-order valence-electron chi connectivity index (χ4n) is 5.07. The Morgan fingerprint density at radius 1 is 1.18 bits per heavy atom. The minimum absolute atomic E-state index is 0.0911. The number of nitrogens with zero attached hydrogens (tertiary/aromatic N) is 5. The van der Waals surface area contributed by atoms with Crippen molar-refractivity contribution in [3.05, 3.63) is 35.2 Å². The molecule has 4 aliphatic rings. The summed E-state index contributed by atoms with van der Waals surface area (Å²) in [5.74, 6) is -1.07. The number of amides is 2. The number of fused-ring (bicyclic) bond motifs is 3. The molecule has 11 heteroatoms. The molecule has 182 valence electrons. The number of carbonyl (C=O) groups is 2. The van der Waals surface area contributed by atoms with E-state index in [-0.39, 0.29) is 44.0 Å². The van der Waals surface area contributed by atoms with Gasteiger partial charge < -0.3 is 9.64 Å². The van der Waals surface area contributed by atoms with Crippen LogP contribution in [0.25, 0.3) is 5.57 Å². The van der Waals surface area contributed by atoms with E-state index >= 15 is 0 Å². The number of aromatic nitrogens is 2. The molecule has 0 bridgehead atoms. The van der Waals surface area contributed by atoms with Crippen LogP contribution in [0.2, 0.25) is 0 Å². The first-order valence-electron chi connectivity index (χ1n) is 11.5. The molecule has 34 heavy (non-hydrogen) atoms. The van der Waals surface area contributed by atoms with E-state index in [4.69, 9.17) is 4.74 Å². The molecule has 2 saturated heterocycles. The summed E-state index contributed by atoms with van der Waals surface area (Å²) in [4.78, 5) is 33.2. The highest BCUT2D eigenvalue weighted by atomic mass is 19.4. The van der Waals surface area contributed by atoms with Crippen molar-refractivity contribution >= 4 is 23.1 Å². The van der Waals surface area contributed by atoms with Gasteiger partial charge in [-0.05, 0) is 25.8 Å². The van der Waals surface area contributed by atoms with Crippen LogP contribution in [0.15, 0.2) is 28.9 Å². The zero-order chi connectivity index (χ0) is 24.0. The summed E-state index contributed by atoms with van der Waals surface area (Å²) in [7, 11) is 0. The third-order valence-corrected chi connectivity index (χ3v) is 6.86. The topological polar surface area (TPSA) is 80.0 Å². The summed E-state index contributed by atoms with van der Waals surface area (Å²) in [5, 5.41) is 4.49. The molecule has 4 heterocycles. The summed E-state index contributed by atoms with van der Waals surface area (Å²) < 4.78 is 45.4. The molecule has 1 aromatic heterocycles. The lowest BCUT2D eigenvalue weighted by Gasteiger charge is -2.37. The number of aliphatic imine (C=N–C) groups is 1. The van der Waals surface area contributed by atoms with Gasteiger partial charge in [-0.25, -0.2) is 4.99 Å². The summed E-state index contributed by atoms with van der Waals surface area (Å²) in [6.45, 7) is 2.93. The van der Waals surface area contributed by atoms with E-state index in [1.165, 1.54) is 11.1 Å². The van der Waals surface area contributed by atoms with Crippen LogP contribution in [0.4, 0.5) is 13.2 Å². The Labute approximate surface area is 194 Å². The molecule has 1 unspecified atom stereocenters. The Balaban J connectivity index is 1.40. The molecule has 1 aliphatic carbocycles. The van der Waals surface area contributed by atoms with E-state index < -0.39 is 18.6 Å². The maximum atomic E-state index is 13.4. The maximum absolute atomic E-state index is 13.4. The zero-order valence-corrected chi connectivity index (χ0v) is 18.8. The number of halogens is 3. The van der Waals surface area contributed by atoms with Crippen LogP contribution in [0, 0.1) is 5.92 Å². The Morgan fingerprint density at radius 3 is 2.56 bits per heavy atom. The van der Waals surface area contributed by atoms with Gasteiger partial charge in [-0.2, -0.15) is 18.3 Å². The SMILES string of the molecule is CC1=CC2=NC(=O)c3cnn(C4CCOCC4)c3C2=CC1C(=O)N1CCN(CC(F)(F)F)CC1. The minimum atomic E-state index is -4.25. The fourth-order valence-corrected chi connectivity index (χ4v) is 5.07. The smallest absolute Gasteiger partial charge is 0.381 e. The van der Waals surface area contributed by atoms with Gasteiger partial charge in [0.25, 0.3) is 5.91 Å². The average Bonchev–Trinajstić information content (AvgIpc) is 3.25. The van der Waals surface area contributed by atoms with Crippen molar-refractivity contribution in [2.75, 3.05) is 45.9 Å². The molecule has 1 atom stereocenters. The summed E-state index contributed by atoms with van der Waals surface area (Å²) in [6, 6.07) is 0.0911. The van der Waals surface area contributed by atoms with Crippen LogP contribution in [-0.4, -0.2) is 89.2 Å². The lowest BCUT2D eigenvalue weighted by atomic mass is 9.84. The second kappa shape index (κ2) is 8.77. The zero-order valence-electron chi connectivity index (χ0n) is 18.8. The van der Waals surface area contributed by atoms with E-state index in [0.717, 1.165) is 18.4 Å². The third kappa shape index (κ3) is 4.34. The molecule has 0 saturated carbocycles. The predicted molar refractivity (Wildman–Crippen MR) is 117 cm³/mol. The molecule has 0 aromatic carbocycles. The van der Waals surface area contributed by atoms with Gasteiger partial charge in [0.2, 0.25) is 5.91 Å². The van der Waals surface area contributed by atoms with Crippen LogP contribution < -0.4 is 0 Å². The molecule has 0 radical (unpaired) electrons. The lowest BCUT2D eigenvalue weighted by Crippen LogP contribution is -2.52. The Hall–Kier alpha value is -2.79. The highest BCUT2D eigenvalue weighted by molar-refractivity contribution is 6.36. The standard InChI is InChI=1S/C23H26F3N5O3/c1-14-10-19-17(11-16(14)22(33)30-6-4-29(5-7-30)13-23(24,25)26)20-18(21(32)28-19)12-27-31(20)15-2-8-34-9-3-15/h10-12,15-16H,2-9,13H2,1H3. The molecule has 2 amide bonds. The van der Waals surface area contributed by atoms with Gasteiger partial charge in [-0.1, -0.05) is 11.6 Å². The Bertz CT molecular complexity index is 1090. The van der Waals surface area contributed by atoms with Crippen LogP contribution in [0.5, 0.6) is 0 Å². The first kappa shape index (κ1) is 23.0. The third-order valence-electron chi connectivity index (χ3n) is 6.86. The molecule has 3 aliphatic heterocycles. The number of hydrogen-bond donors (Lipinski definition) is 0. The van der Waals surface area contributed by atoms with Crippen molar-refractivity contribution in [1.82, 2.24) is 19.6 Å². The van der Waals surface area contributed by atoms with Crippen molar-refractivity contribution in [3.8, 4) is 0 Å². The Kier molecular flexibility index (Phi) is 5.93. The van der Waals surface area contributed by atoms with Gasteiger partial charge in [0, 0.05) is 45.0 Å². The normalized spacial score (nSPS) is 24.2. The van der Waals surface area contributed by atoms with E-state index in [2.05, 4.69) is 10.1 Å². The lowest BCUT2D eigenvalue weighted by molar-refractivity contribution is -0.152. The van der Waals surface area contributed by atoms with Gasteiger partial charge in [-0.15, -0.1) is 0 Å². The monoisotopic (exact) mass is 477 g/mol. The molecule has 1 aromatic rings. The predicted octanol–water partition coefficient (Wildman–Crippen LogP) is 2.50. The van der Waals surface area contributed by atoms with Crippen molar-refractivity contribution in [3.63, 3.8) is 0 Å². The molecule has 2 fully saturated rings. The highest BCUT2D eigenvalue weighted by Gasteiger charge is 2.37. The van der Waals surface area contributed by atoms with Gasteiger partial charge in [0.15, 0.2) is 0 Å². The molecule has 0 spiro atoms. The van der Waals surface area contributed by atoms with Crippen LogP contribution in [0.1, 0.15) is 41.9 Å². The number of rotatable bonds is 3. The van der Waals surface area contributed by atoms with Gasteiger partial charge >= 0.3 is 6.18 Å².